The van der Waals surface area contributed by atoms with E-state index in [2.05, 4.69) is 15.2 Å². The topological polar surface area (TPSA) is 97.6 Å². The van der Waals surface area contributed by atoms with Crippen molar-refractivity contribution in [2.75, 3.05) is 0 Å². The molecule has 2 heterocycles. The number of Topliss-reactive ketones (excluding diaryl/α,β-unsaturated/α-hetero) is 1. The van der Waals surface area contributed by atoms with Gasteiger partial charge in [-0.3, -0.25) is 4.79 Å². The third-order valence-corrected chi connectivity index (χ3v) is 2.25. The molecule has 0 bridgehead atoms. The molecular formula is C10H9N5O2. The molecule has 0 atom stereocenters. The van der Waals surface area contributed by atoms with Crippen molar-refractivity contribution in [3.05, 3.63) is 29.2 Å². The van der Waals surface area contributed by atoms with Gasteiger partial charge in [-0.15, -0.1) is 5.10 Å². The van der Waals surface area contributed by atoms with E-state index in [0.717, 1.165) is 0 Å². The summed E-state index contributed by atoms with van der Waals surface area (Å²) in [5.74, 6) is 0.348. The zero-order chi connectivity index (χ0) is 12.4. The zero-order valence-electron chi connectivity index (χ0n) is 9.34. The minimum absolute atomic E-state index is 0.0115. The van der Waals surface area contributed by atoms with Crippen LogP contribution in [0.25, 0.3) is 0 Å². The van der Waals surface area contributed by atoms with E-state index in [1.807, 2.05) is 0 Å². The largest absolute Gasteiger partial charge is 0.361 e. The van der Waals surface area contributed by atoms with Crippen LogP contribution in [0.3, 0.4) is 0 Å². The highest BCUT2D eigenvalue weighted by molar-refractivity contribution is 5.97. The average molecular weight is 231 g/mol. The van der Waals surface area contributed by atoms with E-state index in [0.29, 0.717) is 17.0 Å². The quantitative estimate of drug-likeness (QED) is 0.719. The summed E-state index contributed by atoms with van der Waals surface area (Å²) in [5, 5.41) is 16.1. The van der Waals surface area contributed by atoms with E-state index in [9.17, 15) is 4.79 Å². The van der Waals surface area contributed by atoms with Crippen LogP contribution < -0.4 is 0 Å². The highest BCUT2D eigenvalue weighted by atomic mass is 16.5. The molecule has 0 fully saturated rings. The number of rotatable bonds is 3. The summed E-state index contributed by atoms with van der Waals surface area (Å²) < 4.78 is 6.22. The molecular weight excluding hydrogens is 222 g/mol. The van der Waals surface area contributed by atoms with Gasteiger partial charge in [-0.2, -0.15) is 5.26 Å². The maximum atomic E-state index is 11.9. The molecule has 0 aliphatic heterocycles. The molecule has 0 aromatic carbocycles. The SMILES string of the molecule is Cc1noc(C)c1C(=O)Cn1cnc(C#N)n1. The van der Waals surface area contributed by atoms with Crippen LogP contribution in [0.4, 0.5) is 0 Å². The van der Waals surface area contributed by atoms with Crippen molar-refractivity contribution in [2.24, 2.45) is 0 Å². The van der Waals surface area contributed by atoms with Gasteiger partial charge in [0.1, 0.15) is 24.7 Å². The van der Waals surface area contributed by atoms with Crippen molar-refractivity contribution in [2.45, 2.75) is 20.4 Å². The van der Waals surface area contributed by atoms with Crippen molar-refractivity contribution >= 4 is 5.78 Å². The predicted molar refractivity (Wildman–Crippen MR) is 55.0 cm³/mol. The number of carbonyl (C=O) groups excluding carboxylic acids is 1. The molecule has 0 saturated carbocycles. The molecule has 0 N–H and O–H groups in total. The molecule has 0 saturated heterocycles. The van der Waals surface area contributed by atoms with Crippen LogP contribution in [0.5, 0.6) is 0 Å². The Bertz CT molecular complexity index is 585. The molecule has 0 amide bonds. The number of carbonyl (C=O) groups is 1. The molecule has 0 aliphatic carbocycles. The molecule has 0 spiro atoms. The molecule has 2 rings (SSSR count). The second-order valence-electron chi connectivity index (χ2n) is 3.50. The van der Waals surface area contributed by atoms with Crippen molar-refractivity contribution in [1.82, 2.24) is 19.9 Å². The minimum Gasteiger partial charge on any atom is -0.361 e. The van der Waals surface area contributed by atoms with Crippen LogP contribution in [0.1, 0.15) is 27.6 Å². The smallest absolute Gasteiger partial charge is 0.252 e. The van der Waals surface area contributed by atoms with Crippen molar-refractivity contribution in [3.8, 4) is 6.07 Å². The fourth-order valence-corrected chi connectivity index (χ4v) is 1.53. The zero-order valence-corrected chi connectivity index (χ0v) is 9.34. The van der Waals surface area contributed by atoms with E-state index in [1.165, 1.54) is 11.0 Å². The van der Waals surface area contributed by atoms with Crippen LogP contribution in [-0.4, -0.2) is 25.7 Å². The summed E-state index contributed by atoms with van der Waals surface area (Å²) in [6, 6.07) is 1.79. The Morgan fingerprint density at radius 1 is 1.59 bits per heavy atom. The van der Waals surface area contributed by atoms with Gasteiger partial charge in [-0.1, -0.05) is 5.16 Å². The molecule has 0 aliphatic rings. The van der Waals surface area contributed by atoms with Crippen molar-refractivity contribution in [1.29, 1.82) is 5.26 Å². The Morgan fingerprint density at radius 2 is 2.35 bits per heavy atom. The predicted octanol–water partition coefficient (Wildman–Crippen LogP) is 0.638. The van der Waals surface area contributed by atoms with E-state index in [-0.39, 0.29) is 18.2 Å². The summed E-state index contributed by atoms with van der Waals surface area (Å²) in [5.41, 5.74) is 1.01. The first kappa shape index (κ1) is 11.0. The van der Waals surface area contributed by atoms with E-state index in [4.69, 9.17) is 9.78 Å². The van der Waals surface area contributed by atoms with Gasteiger partial charge in [-0.05, 0) is 13.8 Å². The van der Waals surface area contributed by atoms with E-state index < -0.39 is 0 Å². The first-order valence-corrected chi connectivity index (χ1v) is 4.87. The minimum atomic E-state index is -0.171. The number of aryl methyl sites for hydroxylation is 2. The van der Waals surface area contributed by atoms with Crippen molar-refractivity contribution in [3.63, 3.8) is 0 Å². The van der Waals surface area contributed by atoms with Gasteiger partial charge < -0.3 is 4.52 Å². The Hall–Kier alpha value is -2.49. The van der Waals surface area contributed by atoms with Gasteiger partial charge in [0.25, 0.3) is 5.82 Å². The lowest BCUT2D eigenvalue weighted by atomic mass is 10.1. The van der Waals surface area contributed by atoms with Gasteiger partial charge in [-0.25, -0.2) is 9.67 Å². The molecule has 7 heteroatoms. The standard InChI is InChI=1S/C10H9N5O2/c1-6-10(7(2)17-14-6)8(16)4-15-5-12-9(3-11)13-15/h5H,4H2,1-2H3. The van der Waals surface area contributed by atoms with Crippen LogP contribution in [0.15, 0.2) is 10.9 Å². The molecule has 17 heavy (non-hydrogen) atoms. The summed E-state index contributed by atoms with van der Waals surface area (Å²) >= 11 is 0. The van der Waals surface area contributed by atoms with E-state index in [1.54, 1.807) is 19.9 Å². The summed E-state index contributed by atoms with van der Waals surface area (Å²) in [7, 11) is 0. The molecule has 0 radical (unpaired) electrons. The van der Waals surface area contributed by atoms with Gasteiger partial charge in [0.2, 0.25) is 0 Å². The maximum absolute atomic E-state index is 11.9. The Labute approximate surface area is 96.7 Å². The Kier molecular flexibility index (Phi) is 2.70. The van der Waals surface area contributed by atoms with E-state index >= 15 is 0 Å². The molecule has 2 aromatic heterocycles. The third-order valence-electron chi connectivity index (χ3n) is 2.25. The van der Waals surface area contributed by atoms with Crippen LogP contribution >= 0.6 is 0 Å². The number of nitrogens with zero attached hydrogens (tertiary/aromatic N) is 5. The highest BCUT2D eigenvalue weighted by Crippen LogP contribution is 2.13. The first-order valence-electron chi connectivity index (χ1n) is 4.87. The number of ketones is 1. The first-order chi connectivity index (χ1) is 8.11. The fraction of sp³-hybridized carbons (Fsp3) is 0.300. The normalized spacial score (nSPS) is 10.2. The summed E-state index contributed by atoms with van der Waals surface area (Å²) in [6.45, 7) is 3.39. The van der Waals surface area contributed by atoms with Gasteiger partial charge >= 0.3 is 0 Å². The monoisotopic (exact) mass is 231 g/mol. The lowest BCUT2D eigenvalue weighted by molar-refractivity contribution is 0.0965. The molecule has 0 unspecified atom stereocenters. The lowest BCUT2D eigenvalue weighted by Crippen LogP contribution is -2.12. The highest BCUT2D eigenvalue weighted by Gasteiger charge is 2.18. The van der Waals surface area contributed by atoms with Crippen LogP contribution in [-0.2, 0) is 6.54 Å². The van der Waals surface area contributed by atoms with Crippen LogP contribution in [0, 0.1) is 25.2 Å². The molecule has 7 nitrogen and oxygen atoms in total. The van der Waals surface area contributed by atoms with Crippen molar-refractivity contribution < 1.29 is 9.32 Å². The second kappa shape index (κ2) is 4.17. The van der Waals surface area contributed by atoms with Gasteiger partial charge in [0, 0.05) is 0 Å². The maximum Gasteiger partial charge on any atom is 0.252 e. The number of aromatic nitrogens is 4. The van der Waals surface area contributed by atoms with Gasteiger partial charge in [0.15, 0.2) is 5.78 Å². The molecule has 2 aromatic rings. The summed E-state index contributed by atoms with van der Waals surface area (Å²) in [4.78, 5) is 15.7. The fourth-order valence-electron chi connectivity index (χ4n) is 1.53. The average Bonchev–Trinajstić information content (AvgIpc) is 2.86. The van der Waals surface area contributed by atoms with Gasteiger partial charge in [0.05, 0.1) is 11.3 Å². The Morgan fingerprint density at radius 3 is 2.88 bits per heavy atom. The number of hydrogen-bond donors (Lipinski definition) is 0. The molecule has 86 valence electrons. The summed E-state index contributed by atoms with van der Waals surface area (Å²) in [6.07, 6.45) is 1.34. The Balaban J connectivity index is 2.20. The lowest BCUT2D eigenvalue weighted by Gasteiger charge is -1.99. The number of nitriles is 1. The second-order valence-corrected chi connectivity index (χ2v) is 3.50. The van der Waals surface area contributed by atoms with Crippen LogP contribution in [0.2, 0.25) is 0 Å². The number of hydrogen-bond acceptors (Lipinski definition) is 6. The third kappa shape index (κ3) is 2.06.